The van der Waals surface area contributed by atoms with Crippen LogP contribution < -0.4 is 15.4 Å². The SMILES string of the molecule is CCCCOC(=O)N1CCN(C(=O)CNC(=O)c2cc(OCC(=O)N3CCCC3C(=O)NC3CN(C)C3)c3ccc(C)cc3n2)CC1. The predicted octanol–water partition coefficient (Wildman–Crippen LogP) is 1.15. The second-order valence-electron chi connectivity index (χ2n) is 12.5. The molecule has 1 atom stereocenters. The molecule has 3 fully saturated rings. The molecule has 1 aromatic heterocycles. The van der Waals surface area contributed by atoms with Gasteiger partial charge in [-0.05, 0) is 50.9 Å². The normalized spacial score (nSPS) is 18.5. The maximum atomic E-state index is 13.3. The number of fused-ring (bicyclic) bond motifs is 1. The number of piperazine rings is 1. The van der Waals surface area contributed by atoms with Gasteiger partial charge in [0.15, 0.2) is 6.61 Å². The maximum absolute atomic E-state index is 13.3. The summed E-state index contributed by atoms with van der Waals surface area (Å²) in [5.41, 5.74) is 1.48. The number of rotatable bonds is 11. The van der Waals surface area contributed by atoms with Crippen molar-refractivity contribution in [3.8, 4) is 5.75 Å². The molecule has 1 unspecified atom stereocenters. The van der Waals surface area contributed by atoms with Gasteiger partial charge in [-0.1, -0.05) is 19.4 Å². The van der Waals surface area contributed by atoms with E-state index in [-0.39, 0.29) is 48.7 Å². The monoisotopic (exact) mass is 651 g/mol. The zero-order chi connectivity index (χ0) is 33.5. The van der Waals surface area contributed by atoms with Crippen LogP contribution in [-0.2, 0) is 19.1 Å². The van der Waals surface area contributed by atoms with Gasteiger partial charge in [-0.25, -0.2) is 9.78 Å². The Labute approximate surface area is 274 Å². The van der Waals surface area contributed by atoms with E-state index in [4.69, 9.17) is 9.47 Å². The Morgan fingerprint density at radius 3 is 2.45 bits per heavy atom. The molecule has 5 amide bonds. The summed E-state index contributed by atoms with van der Waals surface area (Å²) in [5, 5.41) is 6.32. The number of amides is 5. The summed E-state index contributed by atoms with van der Waals surface area (Å²) < 4.78 is 11.2. The van der Waals surface area contributed by atoms with Gasteiger partial charge in [-0.3, -0.25) is 19.2 Å². The first-order chi connectivity index (χ1) is 22.6. The van der Waals surface area contributed by atoms with Crippen LogP contribution in [0.3, 0.4) is 0 Å². The number of likely N-dealkylation sites (tertiary alicyclic amines) is 2. The van der Waals surface area contributed by atoms with E-state index in [9.17, 15) is 24.0 Å². The highest BCUT2D eigenvalue weighted by Gasteiger charge is 2.36. The molecule has 0 radical (unpaired) electrons. The van der Waals surface area contributed by atoms with Crippen LogP contribution in [0.4, 0.5) is 4.79 Å². The van der Waals surface area contributed by atoms with E-state index in [1.54, 1.807) is 14.7 Å². The average Bonchev–Trinajstić information content (AvgIpc) is 3.55. The number of hydrogen-bond acceptors (Lipinski definition) is 9. The minimum absolute atomic E-state index is 0.0434. The minimum Gasteiger partial charge on any atom is -0.483 e. The lowest BCUT2D eigenvalue weighted by atomic mass is 10.1. The van der Waals surface area contributed by atoms with Crippen LogP contribution in [0.2, 0.25) is 0 Å². The number of carbonyl (C=O) groups is 5. The molecule has 0 bridgehead atoms. The molecular formula is C33H45N7O7. The number of unbranched alkanes of at least 4 members (excludes halogenated alkanes) is 1. The fourth-order valence-corrected chi connectivity index (χ4v) is 6.08. The number of ether oxygens (including phenoxy) is 2. The van der Waals surface area contributed by atoms with E-state index in [1.807, 2.05) is 39.1 Å². The number of nitrogens with zero attached hydrogens (tertiary/aromatic N) is 5. The first-order valence-corrected chi connectivity index (χ1v) is 16.4. The average molecular weight is 652 g/mol. The molecule has 4 heterocycles. The molecule has 3 aliphatic heterocycles. The van der Waals surface area contributed by atoms with Crippen molar-refractivity contribution in [1.82, 2.24) is 35.2 Å². The number of pyridine rings is 1. The van der Waals surface area contributed by atoms with Gasteiger partial charge in [0.1, 0.15) is 17.5 Å². The molecule has 2 N–H and O–H groups in total. The maximum Gasteiger partial charge on any atom is 0.409 e. The molecule has 47 heavy (non-hydrogen) atoms. The number of aryl methyl sites for hydroxylation is 1. The van der Waals surface area contributed by atoms with Crippen molar-refractivity contribution in [3.05, 3.63) is 35.5 Å². The zero-order valence-electron chi connectivity index (χ0n) is 27.5. The van der Waals surface area contributed by atoms with Gasteiger partial charge >= 0.3 is 6.09 Å². The second-order valence-corrected chi connectivity index (χ2v) is 12.5. The third kappa shape index (κ3) is 8.47. The Balaban J connectivity index is 1.17. The van der Waals surface area contributed by atoms with Gasteiger partial charge in [-0.15, -0.1) is 0 Å². The lowest BCUT2D eigenvalue weighted by molar-refractivity contribution is -0.140. The summed E-state index contributed by atoms with van der Waals surface area (Å²) in [5.74, 6) is -0.978. The first kappa shape index (κ1) is 33.9. The Morgan fingerprint density at radius 1 is 0.979 bits per heavy atom. The van der Waals surface area contributed by atoms with Gasteiger partial charge in [0, 0.05) is 57.3 Å². The standard InChI is InChI=1S/C33H45N7O7/c1-4-5-15-46-33(45)39-13-11-38(12-14-39)29(41)18-34-31(43)26-17-28(24-9-8-22(2)16-25(24)36-26)47-21-30(42)40-10-6-7-27(40)32(44)35-23-19-37(3)20-23/h8-9,16-17,23,27H,4-7,10-15,18-21H2,1-3H3,(H,34,43)(H,35,44). The van der Waals surface area contributed by atoms with Gasteiger partial charge in [0.05, 0.1) is 24.7 Å². The molecule has 2 aromatic rings. The van der Waals surface area contributed by atoms with Crippen molar-refractivity contribution < 1.29 is 33.4 Å². The van der Waals surface area contributed by atoms with Crippen molar-refractivity contribution in [2.45, 2.75) is 51.6 Å². The molecule has 3 saturated heterocycles. The van der Waals surface area contributed by atoms with E-state index in [0.29, 0.717) is 62.4 Å². The Hall–Kier alpha value is -4.46. The largest absolute Gasteiger partial charge is 0.483 e. The molecule has 254 valence electrons. The summed E-state index contributed by atoms with van der Waals surface area (Å²) >= 11 is 0. The molecule has 3 aliphatic rings. The van der Waals surface area contributed by atoms with E-state index < -0.39 is 11.9 Å². The van der Waals surface area contributed by atoms with Crippen molar-refractivity contribution in [2.75, 3.05) is 72.6 Å². The summed E-state index contributed by atoms with van der Waals surface area (Å²) in [7, 11) is 1.99. The van der Waals surface area contributed by atoms with Crippen LogP contribution >= 0.6 is 0 Å². The van der Waals surface area contributed by atoms with Crippen molar-refractivity contribution in [1.29, 1.82) is 0 Å². The van der Waals surface area contributed by atoms with Crippen molar-refractivity contribution in [3.63, 3.8) is 0 Å². The third-order valence-electron chi connectivity index (χ3n) is 8.81. The minimum atomic E-state index is -0.561. The number of hydrogen-bond donors (Lipinski definition) is 2. The number of aromatic nitrogens is 1. The smallest absolute Gasteiger partial charge is 0.409 e. The van der Waals surface area contributed by atoms with Crippen LogP contribution in [0.15, 0.2) is 24.3 Å². The second kappa shape index (κ2) is 15.4. The van der Waals surface area contributed by atoms with Crippen molar-refractivity contribution in [2.24, 2.45) is 0 Å². The van der Waals surface area contributed by atoms with E-state index >= 15 is 0 Å². The fourth-order valence-electron chi connectivity index (χ4n) is 6.08. The van der Waals surface area contributed by atoms with Crippen molar-refractivity contribution >= 4 is 40.6 Å². The van der Waals surface area contributed by atoms with Crippen LogP contribution in [-0.4, -0.2) is 139 Å². The number of carbonyl (C=O) groups excluding carboxylic acids is 5. The predicted molar refractivity (Wildman–Crippen MR) is 173 cm³/mol. The van der Waals surface area contributed by atoms with E-state index in [1.165, 1.54) is 6.07 Å². The van der Waals surface area contributed by atoms with Gasteiger partial charge in [-0.2, -0.15) is 0 Å². The third-order valence-corrected chi connectivity index (χ3v) is 8.81. The molecule has 0 aliphatic carbocycles. The molecular weight excluding hydrogens is 606 g/mol. The highest BCUT2D eigenvalue weighted by Crippen LogP contribution is 2.27. The van der Waals surface area contributed by atoms with Gasteiger partial charge < -0.3 is 39.7 Å². The molecule has 0 spiro atoms. The van der Waals surface area contributed by atoms with Crippen LogP contribution in [0.1, 0.15) is 48.7 Å². The highest BCUT2D eigenvalue weighted by atomic mass is 16.6. The highest BCUT2D eigenvalue weighted by molar-refractivity contribution is 5.99. The summed E-state index contributed by atoms with van der Waals surface area (Å²) in [4.78, 5) is 75.8. The van der Waals surface area contributed by atoms with E-state index in [2.05, 4.69) is 20.5 Å². The molecule has 14 nitrogen and oxygen atoms in total. The van der Waals surface area contributed by atoms with Crippen LogP contribution in [0.5, 0.6) is 5.75 Å². The quantitative estimate of drug-likeness (QED) is 0.341. The van der Waals surface area contributed by atoms with Gasteiger partial charge in [0.25, 0.3) is 11.8 Å². The first-order valence-electron chi connectivity index (χ1n) is 16.4. The lowest BCUT2D eigenvalue weighted by Crippen LogP contribution is -2.60. The summed E-state index contributed by atoms with van der Waals surface area (Å²) in [6.45, 7) is 7.22. The number of nitrogens with one attached hydrogen (secondary N) is 2. The fraction of sp³-hybridized carbons (Fsp3) is 0.576. The number of benzene rings is 1. The van der Waals surface area contributed by atoms with E-state index in [0.717, 1.165) is 37.9 Å². The molecule has 1 aromatic carbocycles. The molecule has 14 heteroatoms. The lowest BCUT2D eigenvalue weighted by Gasteiger charge is -2.37. The molecule has 0 saturated carbocycles. The zero-order valence-corrected chi connectivity index (χ0v) is 27.5. The van der Waals surface area contributed by atoms with Gasteiger partial charge in [0.2, 0.25) is 11.8 Å². The Morgan fingerprint density at radius 2 is 1.72 bits per heavy atom. The Bertz CT molecular complexity index is 1490. The Kier molecular flexibility index (Phi) is 11.1. The van der Waals surface area contributed by atoms with Crippen LogP contribution in [0, 0.1) is 6.92 Å². The van der Waals surface area contributed by atoms with Crippen LogP contribution in [0.25, 0.3) is 10.9 Å². The summed E-state index contributed by atoms with van der Waals surface area (Å²) in [6.07, 6.45) is 2.69. The summed E-state index contributed by atoms with van der Waals surface area (Å²) in [6, 6.07) is 6.57. The topological polar surface area (TPSA) is 154 Å². The number of likely N-dealkylation sites (N-methyl/N-ethyl adjacent to an activating group) is 1. The molecule has 5 rings (SSSR count).